The summed E-state index contributed by atoms with van der Waals surface area (Å²) >= 11 is 0. The van der Waals surface area contributed by atoms with Crippen LogP contribution in [0, 0.1) is 11.6 Å². The third-order valence-electron chi connectivity index (χ3n) is 3.28. The highest BCUT2D eigenvalue weighted by atomic mass is 19.1. The quantitative estimate of drug-likeness (QED) is 0.895. The van der Waals surface area contributed by atoms with Gasteiger partial charge >= 0.3 is 0 Å². The lowest BCUT2D eigenvalue weighted by Gasteiger charge is -2.14. The average Bonchev–Trinajstić information content (AvgIpc) is 2.48. The number of hydrogen-bond donors (Lipinski definition) is 1. The zero-order chi connectivity index (χ0) is 15.4. The Hall–Kier alpha value is -1.94. The van der Waals surface area contributed by atoms with E-state index in [-0.39, 0.29) is 12.4 Å². The summed E-state index contributed by atoms with van der Waals surface area (Å²) in [5.41, 5.74) is 1.85. The van der Waals surface area contributed by atoms with Crippen molar-refractivity contribution < 1.29 is 18.6 Å². The molecule has 0 amide bonds. The Morgan fingerprint density at radius 3 is 2.24 bits per heavy atom. The Morgan fingerprint density at radius 1 is 1.00 bits per heavy atom. The molecular weight excluding hydrogens is 274 g/mol. The molecule has 0 aliphatic carbocycles. The second kappa shape index (κ2) is 6.68. The molecule has 0 aliphatic rings. The highest BCUT2D eigenvalue weighted by Crippen LogP contribution is 2.22. The summed E-state index contributed by atoms with van der Waals surface area (Å²) in [4.78, 5) is 0. The molecule has 4 heteroatoms. The van der Waals surface area contributed by atoms with E-state index >= 15 is 0 Å². The van der Waals surface area contributed by atoms with Crippen molar-refractivity contribution in [2.45, 2.75) is 25.9 Å². The normalized spacial score (nSPS) is 12.5. The largest absolute Gasteiger partial charge is 0.487 e. The Morgan fingerprint density at radius 2 is 1.62 bits per heavy atom. The summed E-state index contributed by atoms with van der Waals surface area (Å²) < 4.78 is 31.5. The Kier molecular flexibility index (Phi) is 4.91. The third kappa shape index (κ3) is 4.02. The number of ether oxygens (including phenoxy) is 1. The molecule has 0 saturated heterocycles. The van der Waals surface area contributed by atoms with Crippen molar-refractivity contribution in [3.63, 3.8) is 0 Å². The van der Waals surface area contributed by atoms with Crippen LogP contribution in [0.4, 0.5) is 8.78 Å². The van der Waals surface area contributed by atoms with Gasteiger partial charge in [0.1, 0.15) is 18.5 Å². The molecule has 2 aromatic rings. The van der Waals surface area contributed by atoms with Crippen molar-refractivity contribution in [1.82, 2.24) is 0 Å². The predicted molar refractivity (Wildman–Crippen MR) is 77.3 cm³/mol. The lowest BCUT2D eigenvalue weighted by Crippen LogP contribution is -2.10. The summed E-state index contributed by atoms with van der Waals surface area (Å²) in [6, 6.07) is 10.5. The summed E-state index contributed by atoms with van der Waals surface area (Å²) in [5, 5.41) is 10.0. The van der Waals surface area contributed by atoms with Crippen LogP contribution in [0.2, 0.25) is 0 Å². The molecule has 0 aromatic heterocycles. The van der Waals surface area contributed by atoms with E-state index in [4.69, 9.17) is 4.74 Å². The molecule has 0 saturated carbocycles. The molecular formula is C17H18F2O2. The highest BCUT2D eigenvalue weighted by molar-refractivity contribution is 5.27. The highest BCUT2D eigenvalue weighted by Gasteiger charge is 2.11. The van der Waals surface area contributed by atoms with Crippen molar-refractivity contribution in [2.75, 3.05) is 6.61 Å². The van der Waals surface area contributed by atoms with Crippen LogP contribution in [0.5, 0.6) is 5.75 Å². The standard InChI is InChI=1S/C17H18F2O2/c1-11(2)12-3-5-13(6-4-12)16(20)10-21-17-9-14(18)7-8-15(17)19/h3-9,11,16,20H,10H2,1-2H3. The molecule has 0 spiro atoms. The first kappa shape index (κ1) is 15.4. The van der Waals surface area contributed by atoms with Crippen LogP contribution in [0.3, 0.4) is 0 Å². The van der Waals surface area contributed by atoms with Crippen molar-refractivity contribution in [2.24, 2.45) is 0 Å². The van der Waals surface area contributed by atoms with Gasteiger partial charge in [-0.2, -0.15) is 0 Å². The first-order valence-corrected chi connectivity index (χ1v) is 6.83. The maximum atomic E-state index is 13.4. The van der Waals surface area contributed by atoms with Gasteiger partial charge in [0.15, 0.2) is 11.6 Å². The number of benzene rings is 2. The minimum atomic E-state index is -0.895. The van der Waals surface area contributed by atoms with E-state index in [1.54, 1.807) is 0 Å². The molecule has 21 heavy (non-hydrogen) atoms. The van der Waals surface area contributed by atoms with E-state index in [9.17, 15) is 13.9 Å². The summed E-state index contributed by atoms with van der Waals surface area (Å²) in [6.45, 7) is 4.03. The van der Waals surface area contributed by atoms with Gasteiger partial charge in [-0.15, -0.1) is 0 Å². The molecule has 0 bridgehead atoms. The Bertz CT molecular complexity index is 594. The van der Waals surface area contributed by atoms with Gasteiger partial charge in [0.25, 0.3) is 0 Å². The Balaban J connectivity index is 2.01. The van der Waals surface area contributed by atoms with Gasteiger partial charge in [-0.25, -0.2) is 8.78 Å². The predicted octanol–water partition coefficient (Wildman–Crippen LogP) is 4.20. The smallest absolute Gasteiger partial charge is 0.165 e. The third-order valence-corrected chi connectivity index (χ3v) is 3.28. The molecule has 0 heterocycles. The fourth-order valence-corrected chi connectivity index (χ4v) is 1.96. The van der Waals surface area contributed by atoms with Gasteiger partial charge < -0.3 is 9.84 Å². The van der Waals surface area contributed by atoms with Crippen LogP contribution < -0.4 is 4.74 Å². The number of hydrogen-bond acceptors (Lipinski definition) is 2. The van der Waals surface area contributed by atoms with Crippen LogP contribution in [0.25, 0.3) is 0 Å². The van der Waals surface area contributed by atoms with Gasteiger partial charge in [-0.05, 0) is 29.2 Å². The maximum absolute atomic E-state index is 13.4. The maximum Gasteiger partial charge on any atom is 0.165 e. The van der Waals surface area contributed by atoms with Crippen molar-refractivity contribution >= 4 is 0 Å². The molecule has 1 atom stereocenters. The monoisotopic (exact) mass is 292 g/mol. The first-order chi connectivity index (χ1) is 9.97. The summed E-state index contributed by atoms with van der Waals surface area (Å²) in [6.07, 6.45) is -0.895. The minimum Gasteiger partial charge on any atom is -0.487 e. The molecule has 2 aromatic carbocycles. The van der Waals surface area contributed by atoms with E-state index in [0.29, 0.717) is 11.5 Å². The molecule has 1 unspecified atom stereocenters. The van der Waals surface area contributed by atoms with Gasteiger partial charge in [0.05, 0.1) is 0 Å². The van der Waals surface area contributed by atoms with Gasteiger partial charge in [0, 0.05) is 6.07 Å². The second-order valence-electron chi connectivity index (χ2n) is 5.22. The molecule has 112 valence electrons. The average molecular weight is 292 g/mol. The van der Waals surface area contributed by atoms with E-state index in [2.05, 4.69) is 13.8 Å². The van der Waals surface area contributed by atoms with E-state index in [1.165, 1.54) is 5.56 Å². The zero-order valence-electron chi connectivity index (χ0n) is 12.0. The van der Waals surface area contributed by atoms with Crippen LogP contribution in [-0.2, 0) is 0 Å². The first-order valence-electron chi connectivity index (χ1n) is 6.83. The summed E-state index contributed by atoms with van der Waals surface area (Å²) in [5.74, 6) is -1.03. The van der Waals surface area contributed by atoms with E-state index < -0.39 is 17.7 Å². The fraction of sp³-hybridized carbons (Fsp3) is 0.294. The zero-order valence-corrected chi connectivity index (χ0v) is 12.0. The van der Waals surface area contributed by atoms with E-state index in [0.717, 1.165) is 18.2 Å². The molecule has 0 radical (unpaired) electrons. The molecule has 0 fully saturated rings. The van der Waals surface area contributed by atoms with Gasteiger partial charge in [-0.3, -0.25) is 0 Å². The summed E-state index contributed by atoms with van der Waals surface area (Å²) in [7, 11) is 0. The molecule has 2 nitrogen and oxygen atoms in total. The Labute approximate surface area is 123 Å². The number of halogens is 2. The number of aliphatic hydroxyl groups is 1. The fourth-order valence-electron chi connectivity index (χ4n) is 1.96. The molecule has 0 aliphatic heterocycles. The molecule has 2 rings (SSSR count). The number of rotatable bonds is 5. The van der Waals surface area contributed by atoms with Gasteiger partial charge in [0.2, 0.25) is 0 Å². The van der Waals surface area contributed by atoms with Crippen molar-refractivity contribution in [3.05, 3.63) is 65.2 Å². The number of aliphatic hydroxyl groups excluding tert-OH is 1. The SMILES string of the molecule is CC(C)c1ccc(C(O)COc2cc(F)ccc2F)cc1. The lowest BCUT2D eigenvalue weighted by atomic mass is 10.0. The second-order valence-corrected chi connectivity index (χ2v) is 5.22. The van der Waals surface area contributed by atoms with Crippen molar-refractivity contribution in [1.29, 1.82) is 0 Å². The van der Waals surface area contributed by atoms with Crippen LogP contribution in [-0.4, -0.2) is 11.7 Å². The van der Waals surface area contributed by atoms with E-state index in [1.807, 2.05) is 24.3 Å². The van der Waals surface area contributed by atoms with Crippen molar-refractivity contribution in [3.8, 4) is 5.75 Å². The topological polar surface area (TPSA) is 29.5 Å². The van der Waals surface area contributed by atoms with Crippen LogP contribution >= 0.6 is 0 Å². The van der Waals surface area contributed by atoms with Gasteiger partial charge in [-0.1, -0.05) is 38.1 Å². The minimum absolute atomic E-state index is 0.138. The van der Waals surface area contributed by atoms with Crippen LogP contribution in [0.15, 0.2) is 42.5 Å². The van der Waals surface area contributed by atoms with Crippen LogP contribution in [0.1, 0.15) is 37.0 Å². The molecule has 1 N–H and O–H groups in total. The lowest BCUT2D eigenvalue weighted by molar-refractivity contribution is 0.105.